The zero-order valence-electron chi connectivity index (χ0n) is 20.5. The summed E-state index contributed by atoms with van der Waals surface area (Å²) in [6, 6.07) is 12.2. The molecule has 9 heteroatoms. The first-order valence-electron chi connectivity index (χ1n) is 11.6. The zero-order chi connectivity index (χ0) is 26.7. The van der Waals surface area contributed by atoms with Gasteiger partial charge >= 0.3 is 12.1 Å². The molecule has 0 aliphatic rings. The molecule has 3 rings (SSSR count). The fourth-order valence-electron chi connectivity index (χ4n) is 4.00. The van der Waals surface area contributed by atoms with Gasteiger partial charge in [-0.3, -0.25) is 4.79 Å². The fourth-order valence-corrected chi connectivity index (χ4v) is 5.45. The molecule has 1 aromatic heterocycles. The van der Waals surface area contributed by atoms with Gasteiger partial charge in [0.25, 0.3) is 0 Å². The molecule has 0 fully saturated rings. The van der Waals surface area contributed by atoms with E-state index >= 15 is 0 Å². The fraction of sp³-hybridized carbons (Fsp3) is 0.370. The number of rotatable bonds is 9. The smallest absolute Gasteiger partial charge is 0.416 e. The molecule has 194 valence electrons. The van der Waals surface area contributed by atoms with E-state index in [1.54, 1.807) is 6.08 Å². The summed E-state index contributed by atoms with van der Waals surface area (Å²) < 4.78 is 67.5. The Morgan fingerprint density at radius 3 is 2.36 bits per heavy atom. The van der Waals surface area contributed by atoms with Gasteiger partial charge in [-0.15, -0.1) is 0 Å². The number of fused-ring (bicyclic) bond motifs is 1. The Morgan fingerprint density at radius 2 is 1.72 bits per heavy atom. The average molecular weight is 522 g/mol. The number of aliphatic carboxylic acids is 1. The molecule has 3 aromatic rings. The highest BCUT2D eigenvalue weighted by Crippen LogP contribution is 2.33. The van der Waals surface area contributed by atoms with E-state index in [4.69, 9.17) is 5.11 Å². The molecule has 0 radical (unpaired) electrons. The van der Waals surface area contributed by atoms with Crippen LogP contribution in [0.4, 0.5) is 13.2 Å². The number of aryl methyl sites for hydroxylation is 1. The Balaban J connectivity index is 1.94. The standard InChI is InChI=1S/C27H30F3NO4S/c1-26(2,3)21-10-6-8-19(16-21)9-7-15-36(34,35)31-23(11-4-5-12-25(32)33)18-20-17-22(27(28,29)30)13-14-24(20)31/h6-10,13-14,16-18H,4-5,11-12,15H2,1-3H3,(H,32,33). The van der Waals surface area contributed by atoms with Crippen LogP contribution in [0.3, 0.4) is 0 Å². The monoisotopic (exact) mass is 521 g/mol. The van der Waals surface area contributed by atoms with Gasteiger partial charge in [-0.05, 0) is 60.1 Å². The van der Waals surface area contributed by atoms with Crippen LogP contribution in [0.25, 0.3) is 17.0 Å². The number of unbranched alkanes of at least 4 members (excludes halogenated alkanes) is 1. The summed E-state index contributed by atoms with van der Waals surface area (Å²) in [6.07, 6.45) is -0.439. The first-order chi connectivity index (χ1) is 16.7. The second-order valence-electron chi connectivity index (χ2n) is 9.83. The Bertz CT molecular complexity index is 1380. The van der Waals surface area contributed by atoms with Crippen LogP contribution in [0, 0.1) is 0 Å². The van der Waals surface area contributed by atoms with Crippen LogP contribution in [0.15, 0.2) is 54.6 Å². The molecule has 0 bridgehead atoms. The molecular weight excluding hydrogens is 491 g/mol. The third-order valence-electron chi connectivity index (χ3n) is 5.88. The Hall–Kier alpha value is -3.07. The second-order valence-corrected chi connectivity index (χ2v) is 11.7. The summed E-state index contributed by atoms with van der Waals surface area (Å²) in [5.41, 5.74) is 1.52. The molecule has 1 heterocycles. The molecule has 1 N–H and O–H groups in total. The van der Waals surface area contributed by atoms with Gasteiger partial charge < -0.3 is 5.11 Å². The number of carboxylic acids is 1. The predicted octanol–water partition coefficient (Wildman–Crippen LogP) is 6.65. The quantitative estimate of drug-likeness (QED) is 0.320. The predicted molar refractivity (Wildman–Crippen MR) is 135 cm³/mol. The lowest BCUT2D eigenvalue weighted by atomic mass is 9.86. The minimum Gasteiger partial charge on any atom is -0.481 e. The van der Waals surface area contributed by atoms with Crippen molar-refractivity contribution in [3.05, 3.63) is 77.0 Å². The van der Waals surface area contributed by atoms with E-state index in [1.165, 1.54) is 18.2 Å². The van der Waals surface area contributed by atoms with Gasteiger partial charge in [-0.1, -0.05) is 57.2 Å². The summed E-state index contributed by atoms with van der Waals surface area (Å²) in [4.78, 5) is 10.8. The van der Waals surface area contributed by atoms with Crippen LogP contribution in [-0.2, 0) is 32.8 Å². The molecule has 0 unspecified atom stereocenters. The van der Waals surface area contributed by atoms with Crippen molar-refractivity contribution in [2.24, 2.45) is 0 Å². The lowest BCUT2D eigenvalue weighted by molar-refractivity contribution is -0.138. The summed E-state index contributed by atoms with van der Waals surface area (Å²) in [5, 5.41) is 9.02. The summed E-state index contributed by atoms with van der Waals surface area (Å²) in [5.74, 6) is -1.31. The zero-order valence-corrected chi connectivity index (χ0v) is 21.3. The van der Waals surface area contributed by atoms with Crippen molar-refractivity contribution in [3.8, 4) is 0 Å². The Morgan fingerprint density at radius 1 is 1.00 bits per heavy atom. The van der Waals surface area contributed by atoms with Gasteiger partial charge in [-0.2, -0.15) is 13.2 Å². The number of hydrogen-bond acceptors (Lipinski definition) is 3. The molecule has 5 nitrogen and oxygen atoms in total. The van der Waals surface area contributed by atoms with Gasteiger partial charge in [0.15, 0.2) is 0 Å². The molecule has 0 spiro atoms. The highest BCUT2D eigenvalue weighted by molar-refractivity contribution is 7.90. The summed E-state index contributed by atoms with van der Waals surface area (Å²) >= 11 is 0. The number of aromatic nitrogens is 1. The van der Waals surface area contributed by atoms with Crippen molar-refractivity contribution in [3.63, 3.8) is 0 Å². The van der Waals surface area contributed by atoms with Gasteiger partial charge in [0, 0.05) is 17.5 Å². The third-order valence-corrected chi connectivity index (χ3v) is 7.48. The van der Waals surface area contributed by atoms with Crippen LogP contribution in [0.1, 0.15) is 62.4 Å². The van der Waals surface area contributed by atoms with Crippen molar-refractivity contribution in [1.82, 2.24) is 3.97 Å². The minimum absolute atomic E-state index is 0.0647. The number of alkyl halides is 3. The average Bonchev–Trinajstić information content (AvgIpc) is 3.14. The van der Waals surface area contributed by atoms with E-state index < -0.39 is 27.7 Å². The number of halogens is 3. The molecule has 0 aliphatic carbocycles. The lowest BCUT2D eigenvalue weighted by Gasteiger charge is -2.19. The highest BCUT2D eigenvalue weighted by atomic mass is 32.2. The van der Waals surface area contributed by atoms with Crippen LogP contribution < -0.4 is 0 Å². The summed E-state index contributed by atoms with van der Waals surface area (Å²) in [6.45, 7) is 6.25. The molecule has 0 atom stereocenters. The maximum atomic E-state index is 13.4. The van der Waals surface area contributed by atoms with Crippen LogP contribution in [-0.4, -0.2) is 29.2 Å². The minimum atomic E-state index is -4.55. The number of hydrogen-bond donors (Lipinski definition) is 1. The van der Waals surface area contributed by atoms with E-state index in [0.717, 1.165) is 27.2 Å². The normalized spacial score (nSPS) is 13.1. The lowest BCUT2D eigenvalue weighted by Crippen LogP contribution is -2.18. The number of nitrogens with zero attached hydrogens (tertiary/aromatic N) is 1. The maximum Gasteiger partial charge on any atom is 0.416 e. The van der Waals surface area contributed by atoms with Crippen molar-refractivity contribution in [2.75, 3.05) is 5.75 Å². The largest absolute Gasteiger partial charge is 0.481 e. The van der Waals surface area contributed by atoms with E-state index in [1.807, 2.05) is 24.3 Å². The SMILES string of the molecule is CC(C)(C)c1cccc(C=CCS(=O)(=O)n2c(CCCCC(=O)O)cc3cc(C(F)(F)F)ccc32)c1. The van der Waals surface area contributed by atoms with E-state index in [2.05, 4.69) is 20.8 Å². The number of carbonyl (C=O) groups is 1. The van der Waals surface area contributed by atoms with Crippen LogP contribution in [0.5, 0.6) is 0 Å². The molecule has 0 amide bonds. The van der Waals surface area contributed by atoms with E-state index in [-0.39, 0.29) is 34.9 Å². The van der Waals surface area contributed by atoms with Gasteiger partial charge in [-0.25, -0.2) is 12.4 Å². The topological polar surface area (TPSA) is 76.4 Å². The molecular formula is C27H30F3NO4S. The third kappa shape index (κ3) is 6.78. The van der Waals surface area contributed by atoms with E-state index in [9.17, 15) is 26.4 Å². The van der Waals surface area contributed by atoms with Gasteiger partial charge in [0.05, 0.1) is 16.8 Å². The first kappa shape index (κ1) is 27.5. The first-order valence-corrected chi connectivity index (χ1v) is 13.2. The molecule has 0 saturated carbocycles. The molecule has 36 heavy (non-hydrogen) atoms. The Kier molecular flexibility index (Phi) is 8.03. The van der Waals surface area contributed by atoms with Crippen LogP contribution in [0.2, 0.25) is 0 Å². The van der Waals surface area contributed by atoms with Crippen molar-refractivity contribution in [1.29, 1.82) is 0 Å². The molecule has 0 aliphatic heterocycles. The van der Waals surface area contributed by atoms with Crippen molar-refractivity contribution in [2.45, 2.75) is 58.0 Å². The summed E-state index contributed by atoms with van der Waals surface area (Å²) in [7, 11) is -3.95. The van der Waals surface area contributed by atoms with Crippen LogP contribution >= 0.6 is 0 Å². The Labute approximate surface area is 209 Å². The molecule has 2 aromatic carbocycles. The van der Waals surface area contributed by atoms with Crippen molar-refractivity contribution < 1.29 is 31.5 Å². The van der Waals surface area contributed by atoms with Gasteiger partial charge in [0.2, 0.25) is 10.0 Å². The second kappa shape index (κ2) is 10.5. The molecule has 0 saturated heterocycles. The number of benzene rings is 2. The van der Waals surface area contributed by atoms with Gasteiger partial charge in [0.1, 0.15) is 0 Å². The number of carboxylic acid groups (broad SMARTS) is 1. The van der Waals surface area contributed by atoms with Crippen molar-refractivity contribution >= 4 is 33.0 Å². The van der Waals surface area contributed by atoms with E-state index in [0.29, 0.717) is 18.5 Å². The highest BCUT2D eigenvalue weighted by Gasteiger charge is 2.31. The maximum absolute atomic E-state index is 13.4.